The van der Waals surface area contributed by atoms with Gasteiger partial charge in [0.05, 0.1) is 0 Å². The maximum Gasteiger partial charge on any atom is 2.00 e. The van der Waals surface area contributed by atoms with Crippen molar-refractivity contribution in [2.24, 2.45) is 0 Å². The van der Waals surface area contributed by atoms with Crippen molar-refractivity contribution in [2.75, 3.05) is 0 Å². The van der Waals surface area contributed by atoms with Gasteiger partial charge in [-0.15, -0.1) is 0 Å². The molecule has 0 spiro atoms. The predicted molar refractivity (Wildman–Crippen MR) is 72.5 cm³/mol. The van der Waals surface area contributed by atoms with E-state index in [4.69, 9.17) is 0 Å². The van der Waals surface area contributed by atoms with Crippen LogP contribution < -0.4 is 0 Å². The van der Waals surface area contributed by atoms with Gasteiger partial charge in [-0.2, -0.15) is 45.5 Å². The van der Waals surface area contributed by atoms with Crippen LogP contribution in [0.3, 0.4) is 0 Å². The van der Waals surface area contributed by atoms with E-state index in [1.165, 1.54) is 33.4 Å². The molecule has 0 saturated heterocycles. The smallest absolute Gasteiger partial charge is 0.213 e. The molecule has 2 rings (SSSR count). The quantitative estimate of drug-likeness (QED) is 0.482. The average Bonchev–Trinajstić information content (AvgIpc) is 2.80. The van der Waals surface area contributed by atoms with Gasteiger partial charge in [-0.3, -0.25) is 0 Å². The van der Waals surface area contributed by atoms with Crippen LogP contribution in [-0.4, -0.2) is 0 Å². The summed E-state index contributed by atoms with van der Waals surface area (Å²) < 4.78 is 0. The van der Waals surface area contributed by atoms with Crippen LogP contribution >= 0.6 is 0 Å². The van der Waals surface area contributed by atoms with E-state index >= 15 is 0 Å². The predicted octanol–water partition coefficient (Wildman–Crippen LogP) is 4.66. The van der Waals surface area contributed by atoms with Gasteiger partial charge < -0.3 is 0 Å². The summed E-state index contributed by atoms with van der Waals surface area (Å²) in [7, 11) is 0. The Hall–Kier alpha value is -0.781. The van der Waals surface area contributed by atoms with Crippen molar-refractivity contribution in [1.29, 1.82) is 0 Å². The molecule has 0 heterocycles. The van der Waals surface area contributed by atoms with E-state index in [-0.39, 0.29) is 17.1 Å². The summed E-state index contributed by atoms with van der Waals surface area (Å²) in [6, 6.07) is 8.24. The van der Waals surface area contributed by atoms with Gasteiger partial charge in [-0.25, -0.2) is 12.1 Å². The fourth-order valence-electron chi connectivity index (χ4n) is 1.88. The molecule has 0 atom stereocenters. The molecule has 2 aromatic rings. The molecular weight excluding hydrogens is 248 g/mol. The summed E-state index contributed by atoms with van der Waals surface area (Å²) in [6.45, 7) is 13.1. The Bertz CT molecular complexity index is 364. The average molecular weight is 270 g/mol. The molecule has 0 bridgehead atoms. The van der Waals surface area contributed by atoms with Crippen molar-refractivity contribution in [3.05, 3.63) is 57.6 Å². The maximum absolute atomic E-state index is 2.20. The van der Waals surface area contributed by atoms with Crippen LogP contribution in [0, 0.1) is 41.5 Å². The van der Waals surface area contributed by atoms with Crippen LogP contribution in [-0.2, 0) is 17.1 Å². The fraction of sp³-hybridized carbons (Fsp3) is 0.375. The third kappa shape index (κ3) is 3.87. The van der Waals surface area contributed by atoms with E-state index in [0.29, 0.717) is 0 Å². The summed E-state index contributed by atoms with van der Waals surface area (Å²) in [5.74, 6) is 0. The Morgan fingerprint density at radius 1 is 0.941 bits per heavy atom. The van der Waals surface area contributed by atoms with E-state index in [1.807, 2.05) is 12.1 Å². The fourth-order valence-corrected chi connectivity index (χ4v) is 1.88. The SMILES string of the molecule is Cc1c(C)c(C)[c-](C)c1C.Cc1ccc[cH-]1.[Fe+2]. The van der Waals surface area contributed by atoms with Gasteiger partial charge in [-0.05, 0) is 0 Å². The van der Waals surface area contributed by atoms with Crippen LogP contribution in [0.1, 0.15) is 33.4 Å². The number of hydrogen-bond donors (Lipinski definition) is 0. The van der Waals surface area contributed by atoms with Crippen molar-refractivity contribution >= 4 is 0 Å². The van der Waals surface area contributed by atoms with E-state index < -0.39 is 0 Å². The molecule has 1 heteroatoms. The first-order chi connectivity index (χ1) is 7.45. The van der Waals surface area contributed by atoms with E-state index in [9.17, 15) is 0 Å². The molecule has 0 N–H and O–H groups in total. The molecule has 94 valence electrons. The molecule has 0 radical (unpaired) electrons. The van der Waals surface area contributed by atoms with Crippen LogP contribution in [0.25, 0.3) is 0 Å². The minimum atomic E-state index is 0. The Morgan fingerprint density at radius 2 is 1.41 bits per heavy atom. The van der Waals surface area contributed by atoms with Crippen molar-refractivity contribution in [1.82, 2.24) is 0 Å². The van der Waals surface area contributed by atoms with Gasteiger partial charge in [0, 0.05) is 0 Å². The number of hydrogen-bond acceptors (Lipinski definition) is 0. The molecule has 2 aromatic carbocycles. The first-order valence-corrected chi connectivity index (χ1v) is 5.83. The van der Waals surface area contributed by atoms with Gasteiger partial charge in [0.25, 0.3) is 0 Å². The zero-order chi connectivity index (χ0) is 12.3. The monoisotopic (exact) mass is 270 g/mol. The van der Waals surface area contributed by atoms with Crippen molar-refractivity contribution in [3.8, 4) is 0 Å². The van der Waals surface area contributed by atoms with Crippen LogP contribution in [0.4, 0.5) is 0 Å². The Morgan fingerprint density at radius 3 is 1.53 bits per heavy atom. The van der Waals surface area contributed by atoms with Crippen molar-refractivity contribution in [2.45, 2.75) is 41.5 Å². The Kier molecular flexibility index (Phi) is 6.52. The normalized spacial score (nSPS) is 9.29. The zero-order valence-electron chi connectivity index (χ0n) is 11.7. The summed E-state index contributed by atoms with van der Waals surface area (Å²) in [4.78, 5) is 0. The first kappa shape index (κ1) is 16.2. The minimum absolute atomic E-state index is 0. The molecule has 0 aromatic heterocycles. The molecule has 0 saturated carbocycles. The first-order valence-electron chi connectivity index (χ1n) is 5.83. The minimum Gasteiger partial charge on any atom is -0.213 e. The summed E-state index contributed by atoms with van der Waals surface area (Å²) in [6.07, 6.45) is 0. The van der Waals surface area contributed by atoms with Gasteiger partial charge in [0.15, 0.2) is 0 Å². The third-order valence-electron chi connectivity index (χ3n) is 3.64. The van der Waals surface area contributed by atoms with E-state index in [2.05, 4.69) is 53.7 Å². The summed E-state index contributed by atoms with van der Waals surface area (Å²) >= 11 is 0. The van der Waals surface area contributed by atoms with Gasteiger partial charge in [0.2, 0.25) is 0 Å². The largest absolute Gasteiger partial charge is 2.00 e. The molecule has 0 aliphatic heterocycles. The molecule has 0 unspecified atom stereocenters. The summed E-state index contributed by atoms with van der Waals surface area (Å²) in [5.41, 5.74) is 8.68. The van der Waals surface area contributed by atoms with Crippen molar-refractivity contribution < 1.29 is 17.1 Å². The molecule has 0 aliphatic carbocycles. The molecule has 17 heavy (non-hydrogen) atoms. The number of rotatable bonds is 0. The molecule has 0 fully saturated rings. The van der Waals surface area contributed by atoms with Crippen LogP contribution in [0.2, 0.25) is 0 Å². The molecule has 0 nitrogen and oxygen atoms in total. The van der Waals surface area contributed by atoms with Crippen molar-refractivity contribution in [3.63, 3.8) is 0 Å². The second-order valence-electron chi connectivity index (χ2n) is 4.59. The second-order valence-corrected chi connectivity index (χ2v) is 4.59. The Labute approximate surface area is 116 Å². The van der Waals surface area contributed by atoms with Gasteiger partial charge in [0.1, 0.15) is 0 Å². The second kappa shape index (κ2) is 6.83. The van der Waals surface area contributed by atoms with E-state index in [1.54, 1.807) is 0 Å². The molecule has 0 amide bonds. The van der Waals surface area contributed by atoms with Gasteiger partial charge in [-0.1, -0.05) is 41.5 Å². The van der Waals surface area contributed by atoms with E-state index in [0.717, 1.165) is 0 Å². The van der Waals surface area contributed by atoms with Gasteiger partial charge >= 0.3 is 17.1 Å². The zero-order valence-corrected chi connectivity index (χ0v) is 12.8. The summed E-state index contributed by atoms with van der Waals surface area (Å²) in [5, 5.41) is 0. The molecular formula is C16H22Fe. The van der Waals surface area contributed by atoms with Crippen LogP contribution in [0.5, 0.6) is 0 Å². The third-order valence-corrected chi connectivity index (χ3v) is 3.64. The standard InChI is InChI=1S/C10H15.C6H7.Fe/c1-6-7(2)9(4)10(5)8(6)3;1-6-4-2-3-5-6;/h1-5H3;2-5H,1H3;/q2*-1;+2. The van der Waals surface area contributed by atoms with Crippen LogP contribution in [0.15, 0.2) is 24.3 Å². The Balaban J connectivity index is 0.000000316. The molecule has 0 aliphatic rings. The topological polar surface area (TPSA) is 0 Å². The number of aryl methyl sites for hydroxylation is 1. The maximum atomic E-state index is 2.20.